The molecule has 1 aromatic heterocycles. The number of carboxylic acids is 1. The minimum atomic E-state index is -0.892. The summed E-state index contributed by atoms with van der Waals surface area (Å²) in [6.45, 7) is 3.53. The summed E-state index contributed by atoms with van der Waals surface area (Å²) in [5.74, 6) is -1.14. The molecule has 0 spiro atoms. The predicted octanol–water partition coefficient (Wildman–Crippen LogP) is 2.15. The van der Waals surface area contributed by atoms with Crippen LogP contribution in [0.15, 0.2) is 18.3 Å². The third kappa shape index (κ3) is 2.66. The van der Waals surface area contributed by atoms with Crippen LogP contribution in [0.25, 0.3) is 0 Å². The van der Waals surface area contributed by atoms with Crippen molar-refractivity contribution in [3.63, 3.8) is 0 Å². The maximum absolute atomic E-state index is 12.3. The first-order valence-corrected chi connectivity index (χ1v) is 6.91. The average Bonchev–Trinajstić information content (AvgIpc) is 2.41. The second-order valence-corrected chi connectivity index (χ2v) is 5.66. The third-order valence-electron chi connectivity index (χ3n) is 4.23. The molecule has 5 nitrogen and oxygen atoms in total. The Kier molecular flexibility index (Phi) is 4.06. The van der Waals surface area contributed by atoms with Crippen molar-refractivity contribution in [3.8, 4) is 0 Å². The van der Waals surface area contributed by atoms with Gasteiger partial charge in [0.2, 0.25) is 0 Å². The van der Waals surface area contributed by atoms with Crippen LogP contribution < -0.4 is 5.32 Å². The first kappa shape index (κ1) is 14.5. The fourth-order valence-corrected chi connectivity index (χ4v) is 2.77. The Hall–Kier alpha value is -1.91. The van der Waals surface area contributed by atoms with Gasteiger partial charge in [-0.1, -0.05) is 18.9 Å². The minimum absolute atomic E-state index is 0.289. The van der Waals surface area contributed by atoms with Gasteiger partial charge >= 0.3 is 5.97 Å². The van der Waals surface area contributed by atoms with Crippen LogP contribution in [0.3, 0.4) is 0 Å². The van der Waals surface area contributed by atoms with E-state index in [2.05, 4.69) is 10.3 Å². The van der Waals surface area contributed by atoms with Crippen molar-refractivity contribution in [2.45, 2.75) is 45.6 Å². The molecule has 0 bridgehead atoms. The molecule has 1 amide bonds. The van der Waals surface area contributed by atoms with E-state index in [9.17, 15) is 14.7 Å². The number of aryl methyl sites for hydroxylation is 1. The van der Waals surface area contributed by atoms with E-state index in [-0.39, 0.29) is 11.9 Å². The summed E-state index contributed by atoms with van der Waals surface area (Å²) < 4.78 is 0. The number of hydrogen-bond acceptors (Lipinski definition) is 3. The lowest BCUT2D eigenvalue weighted by molar-refractivity contribution is -0.151. The maximum atomic E-state index is 12.3. The number of carboxylic acid groups (broad SMARTS) is 1. The molecular formula is C15H20N2O3. The van der Waals surface area contributed by atoms with E-state index >= 15 is 0 Å². The lowest BCUT2D eigenvalue weighted by atomic mass is 9.71. The molecule has 0 aliphatic heterocycles. The number of amides is 1. The standard InChI is InChI=1S/C15H20N2O3/c1-10-6-5-9-16-12(10)13(18)17-11-7-3-4-8-15(11,2)14(19)20/h5-6,9,11H,3-4,7-8H2,1-2H3,(H,17,18)(H,19,20). The van der Waals surface area contributed by atoms with Crippen LogP contribution in [0.1, 0.15) is 48.7 Å². The Morgan fingerprint density at radius 1 is 1.45 bits per heavy atom. The lowest BCUT2D eigenvalue weighted by Crippen LogP contribution is -2.52. The van der Waals surface area contributed by atoms with E-state index < -0.39 is 11.4 Å². The zero-order chi connectivity index (χ0) is 14.8. The van der Waals surface area contributed by atoms with Crippen molar-refractivity contribution < 1.29 is 14.7 Å². The Balaban J connectivity index is 2.18. The van der Waals surface area contributed by atoms with Crippen LogP contribution in [0, 0.1) is 12.3 Å². The molecular weight excluding hydrogens is 256 g/mol. The van der Waals surface area contributed by atoms with E-state index in [1.165, 1.54) is 0 Å². The average molecular weight is 276 g/mol. The minimum Gasteiger partial charge on any atom is -0.481 e. The number of aromatic nitrogens is 1. The first-order valence-electron chi connectivity index (χ1n) is 6.91. The van der Waals surface area contributed by atoms with Gasteiger partial charge in [-0.2, -0.15) is 0 Å². The third-order valence-corrected chi connectivity index (χ3v) is 4.23. The predicted molar refractivity (Wildman–Crippen MR) is 74.4 cm³/mol. The van der Waals surface area contributed by atoms with Gasteiger partial charge in [-0.25, -0.2) is 0 Å². The van der Waals surface area contributed by atoms with E-state index in [1.807, 2.05) is 13.0 Å². The summed E-state index contributed by atoms with van der Waals surface area (Å²) >= 11 is 0. The molecule has 20 heavy (non-hydrogen) atoms. The molecule has 1 aliphatic carbocycles. The Bertz CT molecular complexity index is 530. The van der Waals surface area contributed by atoms with Crippen LogP contribution in [-0.4, -0.2) is 28.0 Å². The first-order chi connectivity index (χ1) is 9.45. The summed E-state index contributed by atoms with van der Waals surface area (Å²) in [7, 11) is 0. The molecule has 108 valence electrons. The molecule has 2 N–H and O–H groups in total. The van der Waals surface area contributed by atoms with Crippen molar-refractivity contribution >= 4 is 11.9 Å². The van der Waals surface area contributed by atoms with Crippen molar-refractivity contribution in [1.82, 2.24) is 10.3 Å². The highest BCUT2D eigenvalue weighted by atomic mass is 16.4. The molecule has 1 aliphatic rings. The van der Waals surface area contributed by atoms with E-state index in [4.69, 9.17) is 0 Å². The second-order valence-electron chi connectivity index (χ2n) is 5.66. The zero-order valence-electron chi connectivity index (χ0n) is 11.8. The molecule has 2 atom stereocenters. The van der Waals surface area contributed by atoms with Crippen molar-refractivity contribution in [1.29, 1.82) is 0 Å². The summed E-state index contributed by atoms with van der Waals surface area (Å²) in [6, 6.07) is 3.25. The molecule has 2 unspecified atom stereocenters. The summed E-state index contributed by atoms with van der Waals surface area (Å²) in [6.07, 6.45) is 4.68. The molecule has 0 aromatic carbocycles. The normalized spacial score (nSPS) is 26.0. The molecule has 1 heterocycles. The molecule has 1 aromatic rings. The fraction of sp³-hybridized carbons (Fsp3) is 0.533. The molecule has 0 radical (unpaired) electrons. The van der Waals surface area contributed by atoms with Gasteiger partial charge in [0.25, 0.3) is 5.91 Å². The van der Waals surface area contributed by atoms with Gasteiger partial charge in [0.05, 0.1) is 5.41 Å². The Labute approximate surface area is 118 Å². The van der Waals surface area contributed by atoms with E-state index in [1.54, 1.807) is 19.2 Å². The van der Waals surface area contributed by atoms with Gasteiger partial charge in [0, 0.05) is 12.2 Å². The Morgan fingerprint density at radius 3 is 2.85 bits per heavy atom. The molecule has 1 saturated carbocycles. The smallest absolute Gasteiger partial charge is 0.311 e. The van der Waals surface area contributed by atoms with Crippen LogP contribution in [0.2, 0.25) is 0 Å². The highest BCUT2D eigenvalue weighted by molar-refractivity contribution is 5.94. The zero-order valence-corrected chi connectivity index (χ0v) is 11.8. The van der Waals surface area contributed by atoms with Crippen LogP contribution in [-0.2, 0) is 4.79 Å². The number of rotatable bonds is 3. The SMILES string of the molecule is Cc1cccnc1C(=O)NC1CCCCC1(C)C(=O)O. The summed E-state index contributed by atoms with van der Waals surface area (Å²) in [5, 5.41) is 12.3. The molecule has 0 saturated heterocycles. The second kappa shape index (κ2) is 5.61. The van der Waals surface area contributed by atoms with E-state index in [0.29, 0.717) is 18.5 Å². The van der Waals surface area contributed by atoms with Gasteiger partial charge in [-0.15, -0.1) is 0 Å². The number of carbonyl (C=O) groups excluding carboxylic acids is 1. The van der Waals surface area contributed by atoms with Gasteiger partial charge in [0.15, 0.2) is 0 Å². The van der Waals surface area contributed by atoms with Gasteiger partial charge in [-0.3, -0.25) is 14.6 Å². The topological polar surface area (TPSA) is 79.3 Å². The molecule has 5 heteroatoms. The highest BCUT2D eigenvalue weighted by Gasteiger charge is 2.44. The van der Waals surface area contributed by atoms with Gasteiger partial charge in [0.1, 0.15) is 5.69 Å². The number of pyridine rings is 1. The highest BCUT2D eigenvalue weighted by Crippen LogP contribution is 2.36. The lowest BCUT2D eigenvalue weighted by Gasteiger charge is -2.38. The quantitative estimate of drug-likeness (QED) is 0.886. The number of aliphatic carboxylic acids is 1. The maximum Gasteiger partial charge on any atom is 0.311 e. The number of carbonyl (C=O) groups is 2. The van der Waals surface area contributed by atoms with Crippen molar-refractivity contribution in [2.24, 2.45) is 5.41 Å². The van der Waals surface area contributed by atoms with Gasteiger partial charge in [-0.05, 0) is 38.3 Å². The number of nitrogens with zero attached hydrogens (tertiary/aromatic N) is 1. The van der Waals surface area contributed by atoms with Crippen LogP contribution in [0.5, 0.6) is 0 Å². The number of nitrogens with one attached hydrogen (secondary N) is 1. The fourth-order valence-electron chi connectivity index (χ4n) is 2.77. The van der Waals surface area contributed by atoms with Crippen molar-refractivity contribution in [2.75, 3.05) is 0 Å². The van der Waals surface area contributed by atoms with E-state index in [0.717, 1.165) is 18.4 Å². The monoisotopic (exact) mass is 276 g/mol. The number of hydrogen-bond donors (Lipinski definition) is 2. The Morgan fingerprint density at radius 2 is 2.20 bits per heavy atom. The largest absolute Gasteiger partial charge is 0.481 e. The summed E-state index contributed by atoms with van der Waals surface area (Å²) in [4.78, 5) is 27.9. The summed E-state index contributed by atoms with van der Waals surface area (Å²) in [5.41, 5.74) is 0.264. The molecule has 2 rings (SSSR count). The van der Waals surface area contributed by atoms with Crippen molar-refractivity contribution in [3.05, 3.63) is 29.6 Å². The van der Waals surface area contributed by atoms with Gasteiger partial charge < -0.3 is 10.4 Å². The van der Waals surface area contributed by atoms with Crippen LogP contribution in [0.4, 0.5) is 0 Å². The molecule has 1 fully saturated rings. The van der Waals surface area contributed by atoms with Crippen LogP contribution >= 0.6 is 0 Å².